The van der Waals surface area contributed by atoms with E-state index in [0.717, 1.165) is 17.8 Å². The van der Waals surface area contributed by atoms with Crippen LogP contribution in [-0.2, 0) is 6.54 Å². The van der Waals surface area contributed by atoms with Crippen molar-refractivity contribution in [1.82, 2.24) is 4.98 Å². The van der Waals surface area contributed by atoms with Crippen molar-refractivity contribution in [3.8, 4) is 11.3 Å². The number of aromatic carboxylic acids is 1. The molecule has 22 heavy (non-hydrogen) atoms. The molecule has 0 radical (unpaired) electrons. The van der Waals surface area contributed by atoms with Crippen LogP contribution in [0.25, 0.3) is 11.3 Å². The number of aromatic nitrogens is 2. The van der Waals surface area contributed by atoms with Crippen LogP contribution in [-0.4, -0.2) is 16.1 Å². The molecule has 0 unspecified atom stereocenters. The average Bonchev–Trinajstić information content (AvgIpc) is 2.56. The van der Waals surface area contributed by atoms with Gasteiger partial charge in [0.1, 0.15) is 5.69 Å². The Labute approximate surface area is 128 Å². The van der Waals surface area contributed by atoms with E-state index < -0.39 is 5.97 Å². The maximum atomic E-state index is 11.1. The molecule has 0 aliphatic heterocycles. The Hall–Kier alpha value is -3.01. The second-order valence-corrected chi connectivity index (χ2v) is 4.99. The Balaban J connectivity index is 1.91. The highest BCUT2D eigenvalue weighted by molar-refractivity contribution is 5.89. The van der Waals surface area contributed by atoms with Gasteiger partial charge in [-0.2, -0.15) is 4.57 Å². The van der Waals surface area contributed by atoms with E-state index in [0.29, 0.717) is 0 Å². The summed E-state index contributed by atoms with van der Waals surface area (Å²) in [6, 6.07) is 16.9. The van der Waals surface area contributed by atoms with Crippen molar-refractivity contribution in [2.45, 2.75) is 6.54 Å². The topological polar surface area (TPSA) is 54.1 Å². The van der Waals surface area contributed by atoms with E-state index in [-0.39, 0.29) is 5.56 Å². The fraction of sp³-hybridized carbons (Fsp3) is 0.0556. The van der Waals surface area contributed by atoms with Crippen molar-refractivity contribution in [2.24, 2.45) is 0 Å². The fourth-order valence-corrected chi connectivity index (χ4v) is 2.29. The van der Waals surface area contributed by atoms with Gasteiger partial charge >= 0.3 is 5.97 Å². The van der Waals surface area contributed by atoms with Crippen LogP contribution in [0.1, 0.15) is 15.9 Å². The fourth-order valence-electron chi connectivity index (χ4n) is 2.29. The molecular formula is C18H15N2O2+. The minimum atomic E-state index is -0.935. The molecule has 0 spiro atoms. The maximum absolute atomic E-state index is 11.1. The summed E-state index contributed by atoms with van der Waals surface area (Å²) in [7, 11) is 0. The Kier molecular flexibility index (Phi) is 3.92. The van der Waals surface area contributed by atoms with Crippen molar-refractivity contribution in [3.63, 3.8) is 0 Å². The lowest BCUT2D eigenvalue weighted by atomic mass is 10.1. The summed E-state index contributed by atoms with van der Waals surface area (Å²) in [5, 5.41) is 9.08. The molecule has 0 aliphatic carbocycles. The van der Waals surface area contributed by atoms with Gasteiger partial charge < -0.3 is 5.11 Å². The standard InChI is InChI=1S/C18H14N2O2/c21-18(22)16-8-4-7-15(11-16)17-13-20(10-9-19-17)12-14-5-2-1-3-6-14/h1-11,13H,12H2/p+1. The van der Waals surface area contributed by atoms with Crippen LogP contribution in [0.2, 0.25) is 0 Å². The highest BCUT2D eigenvalue weighted by Gasteiger charge is 2.10. The molecular weight excluding hydrogens is 276 g/mol. The zero-order valence-corrected chi connectivity index (χ0v) is 11.9. The van der Waals surface area contributed by atoms with E-state index >= 15 is 0 Å². The number of rotatable bonds is 4. The van der Waals surface area contributed by atoms with Crippen LogP contribution in [0.15, 0.2) is 73.2 Å². The Morgan fingerprint density at radius 2 is 1.91 bits per heavy atom. The van der Waals surface area contributed by atoms with Crippen LogP contribution >= 0.6 is 0 Å². The minimum Gasteiger partial charge on any atom is -0.478 e. The zero-order valence-electron chi connectivity index (χ0n) is 11.9. The molecule has 0 bridgehead atoms. The van der Waals surface area contributed by atoms with Gasteiger partial charge in [-0.3, -0.25) is 0 Å². The van der Waals surface area contributed by atoms with Crippen LogP contribution < -0.4 is 4.57 Å². The van der Waals surface area contributed by atoms with Gasteiger partial charge in [-0.05, 0) is 12.1 Å². The van der Waals surface area contributed by atoms with Crippen molar-refractivity contribution in [2.75, 3.05) is 0 Å². The van der Waals surface area contributed by atoms with Crippen molar-refractivity contribution in [1.29, 1.82) is 0 Å². The number of carboxylic acid groups (broad SMARTS) is 1. The third-order valence-corrected chi connectivity index (χ3v) is 3.37. The molecule has 1 aromatic heterocycles. The molecule has 3 aromatic rings. The van der Waals surface area contributed by atoms with Gasteiger partial charge in [-0.1, -0.05) is 42.5 Å². The van der Waals surface area contributed by atoms with Crippen molar-refractivity contribution in [3.05, 3.63) is 84.3 Å². The van der Waals surface area contributed by atoms with E-state index in [1.165, 1.54) is 5.56 Å². The molecule has 0 amide bonds. The normalized spacial score (nSPS) is 10.4. The monoisotopic (exact) mass is 291 g/mol. The summed E-state index contributed by atoms with van der Waals surface area (Å²) < 4.78 is 2.03. The predicted molar refractivity (Wildman–Crippen MR) is 82.4 cm³/mol. The molecule has 4 heteroatoms. The summed E-state index contributed by atoms with van der Waals surface area (Å²) in [6.45, 7) is 0.745. The summed E-state index contributed by atoms with van der Waals surface area (Å²) in [5.41, 5.74) is 3.01. The number of benzene rings is 2. The predicted octanol–water partition coefficient (Wildman–Crippen LogP) is 2.78. The van der Waals surface area contributed by atoms with E-state index in [9.17, 15) is 4.79 Å². The first-order valence-corrected chi connectivity index (χ1v) is 6.95. The van der Waals surface area contributed by atoms with Crippen LogP contribution in [0.5, 0.6) is 0 Å². The van der Waals surface area contributed by atoms with Gasteiger partial charge in [0, 0.05) is 11.1 Å². The molecule has 3 rings (SSSR count). The van der Waals surface area contributed by atoms with Gasteiger partial charge in [-0.15, -0.1) is 0 Å². The smallest absolute Gasteiger partial charge is 0.335 e. The number of nitrogens with zero attached hydrogens (tertiary/aromatic N) is 2. The van der Waals surface area contributed by atoms with Gasteiger partial charge in [0.15, 0.2) is 18.9 Å². The number of carboxylic acids is 1. The summed E-state index contributed by atoms with van der Waals surface area (Å²) in [6.07, 6.45) is 5.55. The van der Waals surface area contributed by atoms with E-state index in [2.05, 4.69) is 17.1 Å². The van der Waals surface area contributed by atoms with Crippen LogP contribution in [0.3, 0.4) is 0 Å². The zero-order chi connectivity index (χ0) is 15.4. The highest BCUT2D eigenvalue weighted by atomic mass is 16.4. The number of hydrogen-bond donors (Lipinski definition) is 1. The summed E-state index contributed by atoms with van der Waals surface area (Å²) in [4.78, 5) is 15.4. The molecule has 1 heterocycles. The largest absolute Gasteiger partial charge is 0.478 e. The third kappa shape index (κ3) is 3.17. The first kappa shape index (κ1) is 13.9. The average molecular weight is 291 g/mol. The molecule has 4 nitrogen and oxygen atoms in total. The Bertz CT molecular complexity index is 801. The molecule has 108 valence electrons. The first-order valence-electron chi connectivity index (χ1n) is 6.95. The molecule has 2 aromatic carbocycles. The quantitative estimate of drug-likeness (QED) is 0.752. The highest BCUT2D eigenvalue weighted by Crippen LogP contribution is 2.16. The van der Waals surface area contributed by atoms with Gasteiger partial charge in [0.2, 0.25) is 0 Å². The van der Waals surface area contributed by atoms with Crippen molar-refractivity contribution >= 4 is 5.97 Å². The van der Waals surface area contributed by atoms with E-state index in [1.807, 2.05) is 41.2 Å². The molecule has 0 atom stereocenters. The lowest BCUT2D eigenvalue weighted by Gasteiger charge is -2.02. The van der Waals surface area contributed by atoms with Gasteiger partial charge in [-0.25, -0.2) is 9.78 Å². The van der Waals surface area contributed by atoms with Crippen LogP contribution in [0, 0.1) is 0 Å². The SMILES string of the molecule is O=C(O)c1cccc(-c2c[n+](Cc3ccccc3)ccn2)c1. The summed E-state index contributed by atoms with van der Waals surface area (Å²) >= 11 is 0. The van der Waals surface area contributed by atoms with Gasteiger partial charge in [0.25, 0.3) is 0 Å². The third-order valence-electron chi connectivity index (χ3n) is 3.37. The lowest BCUT2D eigenvalue weighted by Crippen LogP contribution is -2.33. The van der Waals surface area contributed by atoms with Gasteiger partial charge in [0.05, 0.1) is 11.8 Å². The minimum absolute atomic E-state index is 0.262. The number of hydrogen-bond acceptors (Lipinski definition) is 2. The molecule has 1 N–H and O–H groups in total. The lowest BCUT2D eigenvalue weighted by molar-refractivity contribution is -0.688. The van der Waals surface area contributed by atoms with E-state index in [1.54, 1.807) is 24.4 Å². The first-order chi connectivity index (χ1) is 10.7. The van der Waals surface area contributed by atoms with Crippen LogP contribution in [0.4, 0.5) is 0 Å². The number of carbonyl (C=O) groups is 1. The maximum Gasteiger partial charge on any atom is 0.335 e. The Morgan fingerprint density at radius 3 is 2.68 bits per heavy atom. The second kappa shape index (κ2) is 6.18. The van der Waals surface area contributed by atoms with E-state index in [4.69, 9.17) is 5.11 Å². The molecule has 0 saturated heterocycles. The second-order valence-electron chi connectivity index (χ2n) is 4.99. The molecule has 0 saturated carbocycles. The molecule has 0 aliphatic rings. The summed E-state index contributed by atoms with van der Waals surface area (Å²) in [5.74, 6) is -0.935. The molecule has 0 fully saturated rings. The Morgan fingerprint density at radius 1 is 1.09 bits per heavy atom. The van der Waals surface area contributed by atoms with Crippen molar-refractivity contribution < 1.29 is 14.5 Å².